The van der Waals surface area contributed by atoms with Crippen LogP contribution in [-0.4, -0.2) is 29.5 Å². The number of halogens is 3. The maximum Gasteiger partial charge on any atom is 0.342 e. The van der Waals surface area contributed by atoms with Gasteiger partial charge in [-0.05, 0) is 40.3 Å². The van der Waals surface area contributed by atoms with Crippen molar-refractivity contribution in [1.82, 2.24) is 4.90 Å². The fourth-order valence-electron chi connectivity index (χ4n) is 1.37. The van der Waals surface area contributed by atoms with E-state index in [0.717, 1.165) is 6.54 Å². The summed E-state index contributed by atoms with van der Waals surface area (Å²) in [4.78, 5) is 2.34. The van der Waals surface area contributed by atoms with Crippen molar-refractivity contribution in [3.05, 3.63) is 0 Å². The molecule has 0 unspecified atom stereocenters. The maximum atomic E-state index is 5.83. The third kappa shape index (κ3) is 7.03. The van der Waals surface area contributed by atoms with Crippen LogP contribution in [0.5, 0.6) is 0 Å². The van der Waals surface area contributed by atoms with Crippen LogP contribution in [0.4, 0.5) is 0 Å². The number of hydrogen-bond acceptors (Lipinski definition) is 1. The van der Waals surface area contributed by atoms with Crippen LogP contribution >= 0.6 is 33.2 Å². The molecule has 0 atom stereocenters. The lowest BCUT2D eigenvalue weighted by atomic mass is 10.2. The second-order valence-corrected chi connectivity index (χ2v) is 13.1. The first kappa shape index (κ1) is 14.0. The van der Waals surface area contributed by atoms with Gasteiger partial charge in [0.05, 0.1) is 0 Å². The molecule has 0 aliphatic rings. The monoisotopic (exact) mass is 261 g/mol. The van der Waals surface area contributed by atoms with Crippen LogP contribution in [0.3, 0.4) is 0 Å². The second kappa shape index (κ2) is 5.81. The van der Waals surface area contributed by atoms with Crippen LogP contribution in [0.25, 0.3) is 0 Å². The zero-order valence-corrected chi connectivity index (χ0v) is 11.9. The molecule has 0 N–H and O–H groups in total. The van der Waals surface area contributed by atoms with Gasteiger partial charge in [0.1, 0.15) is 0 Å². The van der Waals surface area contributed by atoms with Gasteiger partial charge in [-0.15, -0.1) is 33.2 Å². The minimum absolute atomic E-state index is 0.515. The highest BCUT2D eigenvalue weighted by Crippen LogP contribution is 2.25. The lowest BCUT2D eigenvalue weighted by Crippen LogP contribution is -2.39. The molecule has 0 heterocycles. The lowest BCUT2D eigenvalue weighted by molar-refractivity contribution is 0.185. The van der Waals surface area contributed by atoms with E-state index in [2.05, 4.69) is 32.6 Å². The summed E-state index contributed by atoms with van der Waals surface area (Å²) in [6.07, 6.45) is 0. The molecule has 0 aromatic carbocycles. The average Bonchev–Trinajstić information content (AvgIpc) is 1.82. The summed E-state index contributed by atoms with van der Waals surface area (Å²) >= 11 is 17.5. The van der Waals surface area contributed by atoms with Gasteiger partial charge in [-0.1, -0.05) is 0 Å². The van der Waals surface area contributed by atoms with Crippen molar-refractivity contribution in [1.29, 1.82) is 0 Å². The SMILES string of the molecule is CC(C)N(CC[Si](Cl)(Cl)Cl)C(C)C. The van der Waals surface area contributed by atoms with Crippen molar-refractivity contribution >= 4 is 39.2 Å². The van der Waals surface area contributed by atoms with Crippen LogP contribution in [0.15, 0.2) is 0 Å². The van der Waals surface area contributed by atoms with Crippen LogP contribution in [-0.2, 0) is 0 Å². The first-order valence-electron chi connectivity index (χ1n) is 4.56. The second-order valence-electron chi connectivity index (χ2n) is 3.79. The van der Waals surface area contributed by atoms with Crippen molar-refractivity contribution < 1.29 is 0 Å². The van der Waals surface area contributed by atoms with E-state index in [1.165, 1.54) is 0 Å². The Kier molecular flexibility index (Phi) is 6.28. The van der Waals surface area contributed by atoms with Crippen molar-refractivity contribution in [2.75, 3.05) is 6.54 Å². The predicted molar refractivity (Wildman–Crippen MR) is 65.1 cm³/mol. The van der Waals surface area contributed by atoms with Crippen LogP contribution < -0.4 is 0 Å². The van der Waals surface area contributed by atoms with Crippen LogP contribution in [0.2, 0.25) is 6.04 Å². The molecule has 0 amide bonds. The molecule has 0 spiro atoms. The summed E-state index contributed by atoms with van der Waals surface area (Å²) in [6.45, 7) is 9.55. The summed E-state index contributed by atoms with van der Waals surface area (Å²) in [5, 5.41) is 0. The summed E-state index contributed by atoms with van der Waals surface area (Å²) in [7, 11) is 0. The zero-order valence-electron chi connectivity index (χ0n) is 8.65. The van der Waals surface area contributed by atoms with Crippen molar-refractivity contribution in [2.45, 2.75) is 45.8 Å². The third-order valence-electron chi connectivity index (χ3n) is 1.98. The van der Waals surface area contributed by atoms with Gasteiger partial charge in [0, 0.05) is 12.1 Å². The molecule has 0 saturated heterocycles. The topological polar surface area (TPSA) is 3.24 Å². The van der Waals surface area contributed by atoms with Gasteiger partial charge < -0.3 is 0 Å². The molecular weight excluding hydrogens is 245 g/mol. The van der Waals surface area contributed by atoms with Crippen molar-refractivity contribution in [2.24, 2.45) is 0 Å². The highest BCUT2D eigenvalue weighted by molar-refractivity contribution is 7.64. The summed E-state index contributed by atoms with van der Waals surface area (Å²) in [5.74, 6) is 0. The Morgan fingerprint density at radius 1 is 1.00 bits per heavy atom. The summed E-state index contributed by atoms with van der Waals surface area (Å²) in [6, 6.07) is -0.690. The quantitative estimate of drug-likeness (QED) is 0.539. The van der Waals surface area contributed by atoms with Crippen LogP contribution in [0.1, 0.15) is 27.7 Å². The van der Waals surface area contributed by atoms with Gasteiger partial charge in [-0.25, -0.2) is 0 Å². The molecule has 0 fully saturated rings. The van der Waals surface area contributed by atoms with Gasteiger partial charge in [0.2, 0.25) is 0 Å². The smallest absolute Gasteiger partial charge is 0.299 e. The molecule has 0 aliphatic carbocycles. The fraction of sp³-hybridized carbons (Fsp3) is 1.00. The number of rotatable bonds is 5. The summed E-state index contributed by atoms with van der Waals surface area (Å²) < 4.78 is 0. The van der Waals surface area contributed by atoms with E-state index in [1.54, 1.807) is 0 Å². The Balaban J connectivity index is 3.98. The van der Waals surface area contributed by atoms with Crippen LogP contribution in [0, 0.1) is 0 Å². The summed E-state index contributed by atoms with van der Waals surface area (Å²) in [5.41, 5.74) is 0. The Bertz CT molecular complexity index is 137. The van der Waals surface area contributed by atoms with Gasteiger partial charge in [-0.2, -0.15) is 0 Å². The predicted octanol–water partition coefficient (Wildman–Crippen LogP) is 3.76. The molecule has 0 radical (unpaired) electrons. The van der Waals surface area contributed by atoms with E-state index < -0.39 is 6.00 Å². The number of nitrogens with zero attached hydrogens (tertiary/aromatic N) is 1. The Morgan fingerprint density at radius 3 is 1.62 bits per heavy atom. The molecular formula is C8H18Cl3NSi. The Morgan fingerprint density at radius 2 is 1.38 bits per heavy atom. The fourth-order valence-corrected chi connectivity index (χ4v) is 2.64. The first-order chi connectivity index (χ1) is 5.74. The molecule has 0 aromatic heterocycles. The Labute approximate surface area is 96.5 Å². The van der Waals surface area contributed by atoms with Gasteiger partial charge in [0.15, 0.2) is 0 Å². The molecule has 0 bridgehead atoms. The van der Waals surface area contributed by atoms with E-state index >= 15 is 0 Å². The van der Waals surface area contributed by atoms with Gasteiger partial charge >= 0.3 is 6.00 Å². The van der Waals surface area contributed by atoms with E-state index in [4.69, 9.17) is 33.2 Å². The van der Waals surface area contributed by atoms with Crippen molar-refractivity contribution in [3.8, 4) is 0 Å². The minimum Gasteiger partial charge on any atom is -0.299 e. The standard InChI is InChI=1S/C8H18Cl3NSi/c1-7(2)12(8(3)4)5-6-13(9,10)11/h7-8H,5-6H2,1-4H3. The van der Waals surface area contributed by atoms with E-state index in [-0.39, 0.29) is 0 Å². The molecule has 0 saturated carbocycles. The highest BCUT2D eigenvalue weighted by atomic mass is 35.8. The largest absolute Gasteiger partial charge is 0.342 e. The van der Waals surface area contributed by atoms with E-state index in [1.807, 2.05) is 0 Å². The Hall–Kier alpha value is 1.05. The highest BCUT2D eigenvalue weighted by Gasteiger charge is 2.26. The third-order valence-corrected chi connectivity index (χ3v) is 4.47. The normalized spacial score (nSPS) is 13.4. The average molecular weight is 263 g/mol. The van der Waals surface area contributed by atoms with Gasteiger partial charge in [0.25, 0.3) is 0 Å². The minimum atomic E-state index is -2.44. The van der Waals surface area contributed by atoms with E-state index in [0.29, 0.717) is 18.1 Å². The molecule has 0 aliphatic heterocycles. The first-order valence-corrected chi connectivity index (χ1v) is 9.81. The zero-order chi connectivity index (χ0) is 10.6. The molecule has 80 valence electrons. The molecule has 0 aromatic rings. The van der Waals surface area contributed by atoms with E-state index in [9.17, 15) is 0 Å². The van der Waals surface area contributed by atoms with Crippen molar-refractivity contribution in [3.63, 3.8) is 0 Å². The maximum absolute atomic E-state index is 5.83. The van der Waals surface area contributed by atoms with Gasteiger partial charge in [-0.3, -0.25) is 4.90 Å². The molecule has 5 heteroatoms. The molecule has 1 nitrogen and oxygen atoms in total. The lowest BCUT2D eigenvalue weighted by Gasteiger charge is -2.31. The molecule has 0 rings (SSSR count). The molecule has 13 heavy (non-hydrogen) atoms. The number of hydrogen-bond donors (Lipinski definition) is 0.